The Hall–Kier alpha value is -2.04. The van der Waals surface area contributed by atoms with Gasteiger partial charge in [0.05, 0.1) is 35.3 Å². The molecule has 0 saturated carbocycles. The molecule has 2 aliphatic heterocycles. The van der Waals surface area contributed by atoms with E-state index in [9.17, 15) is 9.00 Å². The minimum absolute atomic E-state index is 0.369. The number of nitrogens with zero attached hydrogens (tertiary/aromatic N) is 2. The molecule has 1 aromatic carbocycles. The fraction of sp³-hybridized carbons (Fsp3) is 0.480. The van der Waals surface area contributed by atoms with E-state index < -0.39 is 16.9 Å². The second-order valence-electron chi connectivity index (χ2n) is 9.10. The molecule has 3 aromatic rings. The summed E-state index contributed by atoms with van der Waals surface area (Å²) in [5.74, 6) is 0.674. The van der Waals surface area contributed by atoms with Gasteiger partial charge >= 0.3 is 0 Å². The molecule has 34 heavy (non-hydrogen) atoms. The summed E-state index contributed by atoms with van der Waals surface area (Å²) < 4.78 is 20.4. The van der Waals surface area contributed by atoms with Crippen LogP contribution >= 0.6 is 11.3 Å². The quantitative estimate of drug-likeness (QED) is 0.495. The molecular formula is C25H32N4O3S2. The predicted molar refractivity (Wildman–Crippen MR) is 139 cm³/mol. The fourth-order valence-electron chi connectivity index (χ4n) is 5.12. The molecule has 1 unspecified atom stereocenters. The minimum atomic E-state index is -0.926. The number of primary amides is 1. The Morgan fingerprint density at radius 1 is 1.18 bits per heavy atom. The Bertz CT molecular complexity index is 1150. The lowest BCUT2D eigenvalue weighted by Gasteiger charge is -2.31. The molecule has 0 spiro atoms. The van der Waals surface area contributed by atoms with Gasteiger partial charge in [-0.1, -0.05) is 0 Å². The van der Waals surface area contributed by atoms with Gasteiger partial charge in [-0.3, -0.25) is 9.69 Å². The third kappa shape index (κ3) is 5.13. The molecule has 5 rings (SSSR count). The lowest BCUT2D eigenvalue weighted by Crippen LogP contribution is -2.38. The number of ether oxygens (including phenoxy) is 1. The molecule has 1 amide bonds. The van der Waals surface area contributed by atoms with E-state index in [-0.39, 0.29) is 0 Å². The third-order valence-corrected chi connectivity index (χ3v) is 9.28. The molecular weight excluding hydrogens is 468 g/mol. The van der Waals surface area contributed by atoms with Crippen LogP contribution in [0, 0.1) is 0 Å². The lowest BCUT2D eigenvalue weighted by atomic mass is 9.88. The number of thiophene rings is 1. The number of carbonyl (C=O) groups is 1. The Kier molecular flexibility index (Phi) is 7.46. The first-order chi connectivity index (χ1) is 16.6. The number of hydrogen-bond acceptors (Lipinski definition) is 5. The van der Waals surface area contributed by atoms with Crippen molar-refractivity contribution in [3.8, 4) is 11.1 Å². The van der Waals surface area contributed by atoms with Crippen molar-refractivity contribution < 1.29 is 13.7 Å². The van der Waals surface area contributed by atoms with Crippen LogP contribution in [0.15, 0.2) is 35.2 Å². The molecule has 7 nitrogen and oxygen atoms in total. The van der Waals surface area contributed by atoms with Crippen LogP contribution in [0.2, 0.25) is 0 Å². The second-order valence-corrected chi connectivity index (χ2v) is 11.5. The highest BCUT2D eigenvalue weighted by Gasteiger charge is 2.26. The fourth-order valence-corrected chi connectivity index (χ4v) is 7.03. The number of H-pyrrole nitrogens is 1. The average Bonchev–Trinajstić information content (AvgIpc) is 3.54. The SMILES string of the molecule is NC(=O)c1cc(-c2ccsc2)cc2c(C3CCN(S(=O)CCCN4CCOCC4)CC3)c[nH]c12. The van der Waals surface area contributed by atoms with Crippen molar-refractivity contribution in [2.24, 2.45) is 5.73 Å². The van der Waals surface area contributed by atoms with Gasteiger partial charge in [-0.15, -0.1) is 0 Å². The maximum absolute atomic E-state index is 12.9. The van der Waals surface area contributed by atoms with Gasteiger partial charge in [0.2, 0.25) is 0 Å². The summed E-state index contributed by atoms with van der Waals surface area (Å²) in [6, 6.07) is 6.12. The van der Waals surface area contributed by atoms with E-state index in [1.165, 1.54) is 5.56 Å². The van der Waals surface area contributed by atoms with Crippen LogP contribution in [0.3, 0.4) is 0 Å². The monoisotopic (exact) mass is 500 g/mol. The molecule has 4 heterocycles. The van der Waals surface area contributed by atoms with Crippen molar-refractivity contribution in [2.45, 2.75) is 25.2 Å². The highest BCUT2D eigenvalue weighted by molar-refractivity contribution is 7.82. The number of carbonyl (C=O) groups excluding carboxylic acids is 1. The highest BCUT2D eigenvalue weighted by atomic mass is 32.2. The summed E-state index contributed by atoms with van der Waals surface area (Å²) in [5.41, 5.74) is 10.4. The number of nitrogens with one attached hydrogen (secondary N) is 1. The van der Waals surface area contributed by atoms with Crippen molar-refractivity contribution in [3.05, 3.63) is 46.3 Å². The normalized spacial score (nSPS) is 19.5. The first-order valence-electron chi connectivity index (χ1n) is 12.0. The summed E-state index contributed by atoms with van der Waals surface area (Å²) in [5, 5.41) is 5.20. The summed E-state index contributed by atoms with van der Waals surface area (Å²) >= 11 is 1.64. The first kappa shape index (κ1) is 23.7. The summed E-state index contributed by atoms with van der Waals surface area (Å²) in [6.45, 7) is 6.22. The highest BCUT2D eigenvalue weighted by Crippen LogP contribution is 2.37. The summed E-state index contributed by atoms with van der Waals surface area (Å²) in [6.07, 6.45) is 4.90. The van der Waals surface area contributed by atoms with Gasteiger partial charge in [0, 0.05) is 43.5 Å². The van der Waals surface area contributed by atoms with Gasteiger partial charge in [0.25, 0.3) is 5.91 Å². The first-order valence-corrected chi connectivity index (χ1v) is 14.2. The van der Waals surface area contributed by atoms with E-state index in [1.807, 2.05) is 17.6 Å². The molecule has 9 heteroatoms. The minimum Gasteiger partial charge on any atom is -0.379 e. The number of amides is 1. The number of aromatic amines is 1. The number of nitrogens with two attached hydrogens (primary N) is 1. The van der Waals surface area contributed by atoms with Gasteiger partial charge < -0.3 is 15.5 Å². The van der Waals surface area contributed by atoms with Crippen molar-refractivity contribution >= 4 is 39.1 Å². The third-order valence-electron chi connectivity index (χ3n) is 7.02. The number of morpholine rings is 1. The van der Waals surface area contributed by atoms with E-state index >= 15 is 0 Å². The van der Waals surface area contributed by atoms with Crippen LogP contribution in [0.25, 0.3) is 22.0 Å². The van der Waals surface area contributed by atoms with E-state index in [4.69, 9.17) is 10.5 Å². The van der Waals surface area contributed by atoms with E-state index in [1.54, 1.807) is 11.3 Å². The zero-order valence-electron chi connectivity index (χ0n) is 19.3. The molecule has 1 atom stereocenters. The van der Waals surface area contributed by atoms with Crippen LogP contribution in [0.4, 0.5) is 0 Å². The molecule has 0 aliphatic carbocycles. The van der Waals surface area contributed by atoms with Crippen LogP contribution in [0.1, 0.15) is 41.1 Å². The van der Waals surface area contributed by atoms with Gasteiger partial charge in [0.15, 0.2) is 0 Å². The average molecular weight is 501 g/mol. The molecule has 2 saturated heterocycles. The number of benzene rings is 1. The Labute approximate surface area is 206 Å². The summed E-state index contributed by atoms with van der Waals surface area (Å²) in [4.78, 5) is 17.9. The topological polar surface area (TPSA) is 91.7 Å². The Morgan fingerprint density at radius 3 is 2.68 bits per heavy atom. The van der Waals surface area contributed by atoms with E-state index in [2.05, 4.69) is 31.7 Å². The van der Waals surface area contributed by atoms with Crippen molar-refractivity contribution in [2.75, 3.05) is 51.7 Å². The van der Waals surface area contributed by atoms with E-state index in [0.717, 1.165) is 93.0 Å². The lowest BCUT2D eigenvalue weighted by molar-refractivity contribution is 0.0381. The number of rotatable bonds is 8. The van der Waals surface area contributed by atoms with Gasteiger partial charge in [-0.2, -0.15) is 11.3 Å². The maximum atomic E-state index is 12.9. The Balaban J connectivity index is 1.24. The molecule has 2 aromatic heterocycles. The maximum Gasteiger partial charge on any atom is 0.250 e. The summed E-state index contributed by atoms with van der Waals surface area (Å²) in [7, 11) is -0.926. The van der Waals surface area contributed by atoms with E-state index in [0.29, 0.717) is 11.5 Å². The molecule has 2 aliphatic rings. The number of piperidine rings is 1. The van der Waals surface area contributed by atoms with Gasteiger partial charge in [-0.25, -0.2) is 8.51 Å². The molecule has 0 radical (unpaired) electrons. The molecule has 0 bridgehead atoms. The van der Waals surface area contributed by atoms with Crippen LogP contribution in [0.5, 0.6) is 0 Å². The zero-order chi connectivity index (χ0) is 23.5. The number of hydrogen-bond donors (Lipinski definition) is 2. The zero-order valence-corrected chi connectivity index (χ0v) is 21.0. The van der Waals surface area contributed by atoms with Crippen molar-refractivity contribution in [3.63, 3.8) is 0 Å². The number of aromatic nitrogens is 1. The van der Waals surface area contributed by atoms with Crippen LogP contribution in [-0.2, 0) is 15.7 Å². The van der Waals surface area contributed by atoms with Crippen molar-refractivity contribution in [1.29, 1.82) is 0 Å². The van der Waals surface area contributed by atoms with Crippen LogP contribution in [-0.4, -0.2) is 76.0 Å². The van der Waals surface area contributed by atoms with Crippen LogP contribution < -0.4 is 5.73 Å². The standard InChI is InChI=1S/C25H32N4O3S2/c26-25(30)22-15-20(19-4-12-33-17-19)14-21-23(16-27-24(21)22)18-2-6-29(7-3-18)34(31)13-1-5-28-8-10-32-11-9-28/h4,12,14-18,27H,1-3,5-11,13H2,(H2,26,30). The predicted octanol–water partition coefficient (Wildman–Crippen LogP) is 3.56. The Morgan fingerprint density at radius 2 is 1.97 bits per heavy atom. The van der Waals surface area contributed by atoms with Crippen molar-refractivity contribution in [1.82, 2.24) is 14.2 Å². The smallest absolute Gasteiger partial charge is 0.250 e. The van der Waals surface area contributed by atoms with Gasteiger partial charge in [0.1, 0.15) is 0 Å². The molecule has 2 fully saturated rings. The van der Waals surface area contributed by atoms with Gasteiger partial charge in [-0.05, 0) is 77.4 Å². The molecule has 182 valence electrons. The second kappa shape index (κ2) is 10.7. The number of fused-ring (bicyclic) bond motifs is 1. The molecule has 3 N–H and O–H groups in total. The largest absolute Gasteiger partial charge is 0.379 e.